The van der Waals surface area contributed by atoms with Crippen LogP contribution in [0.3, 0.4) is 0 Å². The molecular weight excluding hydrogens is 334 g/mol. The van der Waals surface area contributed by atoms with Gasteiger partial charge in [0.15, 0.2) is 0 Å². The van der Waals surface area contributed by atoms with Gasteiger partial charge in [0, 0.05) is 6.54 Å². The zero-order valence-corrected chi connectivity index (χ0v) is 15.6. The molecule has 0 spiro atoms. The molecule has 1 heterocycles. The first kappa shape index (κ1) is 20.2. The molecule has 1 aromatic carbocycles. The molecule has 2 atom stereocenters. The van der Waals surface area contributed by atoms with Crippen LogP contribution in [-0.2, 0) is 9.47 Å². The van der Waals surface area contributed by atoms with E-state index in [4.69, 9.17) is 9.47 Å². The van der Waals surface area contributed by atoms with Crippen LogP contribution in [0.25, 0.3) is 0 Å². The fourth-order valence-corrected chi connectivity index (χ4v) is 3.19. The van der Waals surface area contributed by atoms with Gasteiger partial charge in [0.25, 0.3) is 0 Å². The maximum absolute atomic E-state index is 12.4. The van der Waals surface area contributed by atoms with Crippen LogP contribution in [0.4, 0.5) is 4.79 Å². The maximum Gasteiger partial charge on any atom is 0.410 e. The van der Waals surface area contributed by atoms with Gasteiger partial charge in [-0.15, -0.1) is 0 Å². The van der Waals surface area contributed by atoms with Gasteiger partial charge in [-0.1, -0.05) is 25.5 Å². The highest BCUT2D eigenvalue weighted by Crippen LogP contribution is 2.29. The summed E-state index contributed by atoms with van der Waals surface area (Å²) in [4.78, 5) is 26.0. The van der Waals surface area contributed by atoms with E-state index in [0.717, 1.165) is 25.7 Å². The Morgan fingerprint density at radius 3 is 2.81 bits per heavy atom. The van der Waals surface area contributed by atoms with Crippen LogP contribution in [0.1, 0.15) is 68.0 Å². The summed E-state index contributed by atoms with van der Waals surface area (Å²) >= 11 is 0. The van der Waals surface area contributed by atoms with Gasteiger partial charge in [0.05, 0.1) is 30.9 Å². The van der Waals surface area contributed by atoms with E-state index in [-0.39, 0.29) is 12.1 Å². The van der Waals surface area contributed by atoms with Crippen molar-refractivity contribution in [2.75, 3.05) is 19.8 Å². The third kappa shape index (κ3) is 5.21. The lowest BCUT2D eigenvalue weighted by molar-refractivity contribution is 0.0155. The van der Waals surface area contributed by atoms with Gasteiger partial charge in [0.1, 0.15) is 0 Å². The van der Waals surface area contributed by atoms with Gasteiger partial charge in [-0.25, -0.2) is 9.59 Å². The van der Waals surface area contributed by atoms with Crippen molar-refractivity contribution >= 4 is 12.1 Å². The van der Waals surface area contributed by atoms with E-state index >= 15 is 0 Å². The lowest BCUT2D eigenvalue weighted by Gasteiger charge is -2.37. The normalized spacial score (nSPS) is 18.3. The highest BCUT2D eigenvalue weighted by Gasteiger charge is 2.34. The average molecular weight is 363 g/mol. The molecule has 6 heteroatoms. The number of rotatable bonds is 7. The molecule has 26 heavy (non-hydrogen) atoms. The number of carbonyl (C=O) groups is 2. The van der Waals surface area contributed by atoms with Crippen molar-refractivity contribution in [2.45, 2.75) is 58.1 Å². The van der Waals surface area contributed by atoms with E-state index in [1.165, 1.54) is 0 Å². The number of hydrogen-bond acceptors (Lipinski definition) is 5. The minimum absolute atomic E-state index is 0.297. The van der Waals surface area contributed by atoms with E-state index in [2.05, 4.69) is 0 Å². The Morgan fingerprint density at radius 1 is 1.27 bits per heavy atom. The fraction of sp³-hybridized carbons (Fsp3) is 0.600. The molecule has 0 radical (unpaired) electrons. The number of likely N-dealkylation sites (tertiary alicyclic amines) is 1. The number of aliphatic hydroxyl groups excluding tert-OH is 1. The molecule has 1 N–H and O–H groups in total. The molecule has 2 rings (SSSR count). The van der Waals surface area contributed by atoms with Crippen molar-refractivity contribution in [2.24, 2.45) is 0 Å². The molecule has 6 nitrogen and oxygen atoms in total. The number of nitrogens with zero attached hydrogens (tertiary/aromatic N) is 1. The molecule has 0 aromatic heterocycles. The lowest BCUT2D eigenvalue weighted by Crippen LogP contribution is -2.47. The van der Waals surface area contributed by atoms with Crippen molar-refractivity contribution in [3.05, 3.63) is 35.4 Å². The highest BCUT2D eigenvalue weighted by atomic mass is 16.6. The van der Waals surface area contributed by atoms with Crippen molar-refractivity contribution in [1.82, 2.24) is 4.90 Å². The minimum Gasteiger partial charge on any atom is -0.462 e. The largest absolute Gasteiger partial charge is 0.462 e. The molecule has 1 unspecified atom stereocenters. The van der Waals surface area contributed by atoms with Gasteiger partial charge >= 0.3 is 12.1 Å². The zero-order chi connectivity index (χ0) is 18.9. The second kappa shape index (κ2) is 10.2. The third-order valence-electron chi connectivity index (χ3n) is 4.61. The Bertz CT molecular complexity index is 604. The van der Waals surface area contributed by atoms with Crippen LogP contribution in [0, 0.1) is 0 Å². The summed E-state index contributed by atoms with van der Waals surface area (Å²) in [7, 11) is 0. The predicted molar refractivity (Wildman–Crippen MR) is 98.0 cm³/mol. The molecule has 1 amide bonds. The van der Waals surface area contributed by atoms with Crippen LogP contribution < -0.4 is 0 Å². The summed E-state index contributed by atoms with van der Waals surface area (Å²) in [6.45, 7) is 5.06. The monoisotopic (exact) mass is 363 g/mol. The topological polar surface area (TPSA) is 76.1 Å². The molecular formula is C20H29NO5. The smallest absolute Gasteiger partial charge is 0.410 e. The Morgan fingerprint density at radius 2 is 2.08 bits per heavy atom. The molecule has 0 bridgehead atoms. The van der Waals surface area contributed by atoms with Gasteiger partial charge in [-0.2, -0.15) is 0 Å². The molecule has 1 saturated heterocycles. The van der Waals surface area contributed by atoms with Crippen molar-refractivity contribution in [3.8, 4) is 0 Å². The molecule has 1 fully saturated rings. The Labute approximate surface area is 155 Å². The summed E-state index contributed by atoms with van der Waals surface area (Å²) in [5, 5.41) is 10.9. The van der Waals surface area contributed by atoms with Crippen molar-refractivity contribution in [3.63, 3.8) is 0 Å². The third-order valence-corrected chi connectivity index (χ3v) is 4.61. The first-order valence-corrected chi connectivity index (χ1v) is 9.47. The van der Waals surface area contributed by atoms with Crippen LogP contribution in [-0.4, -0.2) is 47.9 Å². The summed E-state index contributed by atoms with van der Waals surface area (Å²) < 4.78 is 10.4. The Hall–Kier alpha value is -2.08. The Balaban J connectivity index is 2.12. The van der Waals surface area contributed by atoms with Gasteiger partial charge in [-0.05, 0) is 50.3 Å². The number of ether oxygens (including phenoxy) is 2. The highest BCUT2D eigenvalue weighted by molar-refractivity contribution is 5.89. The van der Waals surface area contributed by atoms with Gasteiger partial charge in [-0.3, -0.25) is 0 Å². The standard InChI is InChI=1S/C20H29NO5/c1-3-5-13-26-20(24)21-12-7-6-11-17(21)18(22)15-9-8-10-16(14-15)19(23)25-4-2/h8-10,14,17-18,22H,3-7,11-13H2,1-2H3/t17-,18?/m0/s1. The van der Waals surface area contributed by atoms with E-state index < -0.39 is 12.1 Å². The van der Waals surface area contributed by atoms with E-state index in [0.29, 0.717) is 37.3 Å². The van der Waals surface area contributed by atoms with E-state index in [1.807, 2.05) is 6.92 Å². The SMILES string of the molecule is CCCCOC(=O)N1CCCC[C@H]1C(O)c1cccc(C(=O)OCC)c1. The molecule has 0 aliphatic carbocycles. The molecule has 144 valence electrons. The van der Waals surface area contributed by atoms with Crippen molar-refractivity contribution < 1.29 is 24.2 Å². The summed E-state index contributed by atoms with van der Waals surface area (Å²) in [5.41, 5.74) is 1.00. The minimum atomic E-state index is -0.872. The van der Waals surface area contributed by atoms with E-state index in [9.17, 15) is 14.7 Å². The van der Waals surface area contributed by atoms with Crippen LogP contribution in [0.15, 0.2) is 24.3 Å². The first-order chi connectivity index (χ1) is 12.6. The summed E-state index contributed by atoms with van der Waals surface area (Å²) in [6.07, 6.45) is 3.09. The maximum atomic E-state index is 12.4. The molecule has 0 saturated carbocycles. The Kier molecular flexibility index (Phi) is 7.91. The second-order valence-electron chi connectivity index (χ2n) is 6.52. The number of carbonyl (C=O) groups excluding carboxylic acids is 2. The summed E-state index contributed by atoms with van der Waals surface area (Å²) in [6, 6.07) is 6.43. The number of piperidine rings is 1. The second-order valence-corrected chi connectivity index (χ2v) is 6.52. The lowest BCUT2D eigenvalue weighted by atomic mass is 9.92. The quantitative estimate of drug-likeness (QED) is 0.591. The van der Waals surface area contributed by atoms with Gasteiger partial charge < -0.3 is 19.5 Å². The average Bonchev–Trinajstić information content (AvgIpc) is 2.68. The van der Waals surface area contributed by atoms with Crippen molar-refractivity contribution in [1.29, 1.82) is 0 Å². The molecule has 1 aromatic rings. The van der Waals surface area contributed by atoms with Gasteiger partial charge in [0.2, 0.25) is 0 Å². The number of hydrogen-bond donors (Lipinski definition) is 1. The fourth-order valence-electron chi connectivity index (χ4n) is 3.19. The number of benzene rings is 1. The number of unbranched alkanes of at least 4 members (excludes halogenated alkanes) is 1. The van der Waals surface area contributed by atoms with Crippen LogP contribution >= 0.6 is 0 Å². The summed E-state index contributed by atoms with van der Waals surface area (Å²) in [5.74, 6) is -0.416. The zero-order valence-electron chi connectivity index (χ0n) is 15.6. The van der Waals surface area contributed by atoms with Crippen LogP contribution in [0.2, 0.25) is 0 Å². The molecule has 1 aliphatic heterocycles. The van der Waals surface area contributed by atoms with Crippen LogP contribution in [0.5, 0.6) is 0 Å². The predicted octanol–water partition coefficient (Wildman–Crippen LogP) is 3.69. The molecule has 1 aliphatic rings. The number of amides is 1. The number of esters is 1. The van der Waals surface area contributed by atoms with E-state index in [1.54, 1.807) is 36.1 Å². The first-order valence-electron chi connectivity index (χ1n) is 9.47. The number of aliphatic hydroxyl groups is 1.